The Hall–Kier alpha value is -0.240. The molecule has 0 saturated carbocycles. The molecule has 6 heteroatoms. The predicted octanol–water partition coefficient (Wildman–Crippen LogP) is -0.669. The molecule has 3 rings (SSSR count). The second kappa shape index (κ2) is 3.38. The monoisotopic (exact) mass is 232 g/mol. The quantitative estimate of drug-likeness (QED) is 0.577. The van der Waals surface area contributed by atoms with Gasteiger partial charge in [-0.05, 0) is 13.8 Å². The van der Waals surface area contributed by atoms with E-state index in [4.69, 9.17) is 18.9 Å². The van der Waals surface area contributed by atoms with Crippen LogP contribution in [0, 0.1) is 0 Å². The standard InChI is InChI=1S/C10H16O6/c1-10(2)15-8-7-6(14-9(8)16-10)4(11)3-5(12)13-7/h4-9,11-12H,3H2,1-2H3/t4-,5-,6-,7+,8-,9-/m0/s1. The Bertz CT molecular complexity index is 293. The molecule has 0 aliphatic carbocycles. The van der Waals surface area contributed by atoms with Gasteiger partial charge in [0.2, 0.25) is 0 Å². The Morgan fingerprint density at radius 1 is 1.00 bits per heavy atom. The van der Waals surface area contributed by atoms with E-state index < -0.39 is 36.7 Å². The van der Waals surface area contributed by atoms with E-state index >= 15 is 0 Å². The fourth-order valence-corrected chi connectivity index (χ4v) is 2.55. The molecule has 2 N–H and O–H groups in total. The first kappa shape index (κ1) is 10.9. The average Bonchev–Trinajstić information content (AvgIpc) is 2.59. The highest BCUT2D eigenvalue weighted by Crippen LogP contribution is 2.42. The van der Waals surface area contributed by atoms with Gasteiger partial charge in [-0.3, -0.25) is 0 Å². The van der Waals surface area contributed by atoms with Crippen molar-refractivity contribution in [3.05, 3.63) is 0 Å². The maximum Gasteiger partial charge on any atom is 0.190 e. The third-order valence-electron chi connectivity index (χ3n) is 3.16. The molecule has 3 aliphatic heterocycles. The van der Waals surface area contributed by atoms with E-state index in [0.29, 0.717) is 0 Å². The van der Waals surface area contributed by atoms with Crippen molar-refractivity contribution >= 4 is 0 Å². The Balaban J connectivity index is 1.80. The van der Waals surface area contributed by atoms with E-state index in [1.165, 1.54) is 0 Å². The largest absolute Gasteiger partial charge is 0.390 e. The molecule has 0 amide bonds. The Kier molecular flexibility index (Phi) is 2.30. The van der Waals surface area contributed by atoms with Gasteiger partial charge in [-0.15, -0.1) is 0 Å². The Morgan fingerprint density at radius 3 is 2.50 bits per heavy atom. The number of rotatable bonds is 0. The van der Waals surface area contributed by atoms with Crippen LogP contribution in [0.1, 0.15) is 20.3 Å². The molecule has 6 atom stereocenters. The lowest BCUT2D eigenvalue weighted by Crippen LogP contribution is -2.50. The maximum absolute atomic E-state index is 9.76. The van der Waals surface area contributed by atoms with Crippen LogP contribution in [0.5, 0.6) is 0 Å². The summed E-state index contributed by atoms with van der Waals surface area (Å²) in [7, 11) is 0. The van der Waals surface area contributed by atoms with Crippen LogP contribution in [-0.4, -0.2) is 53.0 Å². The third kappa shape index (κ3) is 1.57. The number of ether oxygens (including phenoxy) is 4. The van der Waals surface area contributed by atoms with Crippen molar-refractivity contribution in [1.29, 1.82) is 0 Å². The first-order valence-corrected chi connectivity index (χ1v) is 5.49. The number of hydrogen-bond acceptors (Lipinski definition) is 6. The normalized spacial score (nSPS) is 54.8. The number of fused-ring (bicyclic) bond motifs is 3. The molecule has 0 aromatic carbocycles. The highest BCUT2D eigenvalue weighted by molar-refractivity contribution is 4.99. The van der Waals surface area contributed by atoms with Crippen LogP contribution >= 0.6 is 0 Å². The second-order valence-electron chi connectivity index (χ2n) is 4.93. The van der Waals surface area contributed by atoms with Gasteiger partial charge in [0.1, 0.15) is 18.3 Å². The first-order chi connectivity index (χ1) is 7.46. The lowest BCUT2D eigenvalue weighted by molar-refractivity contribution is -0.271. The summed E-state index contributed by atoms with van der Waals surface area (Å²) in [5, 5.41) is 19.2. The van der Waals surface area contributed by atoms with Crippen LogP contribution in [0.15, 0.2) is 0 Å². The number of hydrogen-bond donors (Lipinski definition) is 2. The summed E-state index contributed by atoms with van der Waals surface area (Å²) >= 11 is 0. The van der Waals surface area contributed by atoms with E-state index in [0.717, 1.165) is 0 Å². The summed E-state index contributed by atoms with van der Waals surface area (Å²) < 4.78 is 22.1. The Labute approximate surface area is 93.0 Å². The molecule has 16 heavy (non-hydrogen) atoms. The number of aliphatic hydroxyl groups excluding tert-OH is 2. The van der Waals surface area contributed by atoms with Crippen molar-refractivity contribution < 1.29 is 29.2 Å². The van der Waals surface area contributed by atoms with Gasteiger partial charge < -0.3 is 29.2 Å². The minimum Gasteiger partial charge on any atom is -0.390 e. The SMILES string of the molecule is CC1(C)O[C@@H]2O[C@@H]3[C@@H](O[C@H](O)C[C@@H]3O)[C@@H]2O1. The van der Waals surface area contributed by atoms with E-state index in [1.807, 2.05) is 0 Å². The first-order valence-electron chi connectivity index (χ1n) is 5.49. The molecule has 3 heterocycles. The van der Waals surface area contributed by atoms with Gasteiger partial charge in [0.15, 0.2) is 18.4 Å². The van der Waals surface area contributed by atoms with Crippen LogP contribution < -0.4 is 0 Å². The molecule has 0 unspecified atom stereocenters. The third-order valence-corrected chi connectivity index (χ3v) is 3.16. The molecule has 3 aliphatic rings. The molecule has 0 aromatic rings. The van der Waals surface area contributed by atoms with Crippen molar-refractivity contribution in [2.24, 2.45) is 0 Å². The molecular weight excluding hydrogens is 216 g/mol. The summed E-state index contributed by atoms with van der Waals surface area (Å²) in [6.45, 7) is 3.58. The average molecular weight is 232 g/mol. The zero-order valence-electron chi connectivity index (χ0n) is 9.20. The fraction of sp³-hybridized carbons (Fsp3) is 1.00. The molecule has 0 spiro atoms. The Morgan fingerprint density at radius 2 is 1.75 bits per heavy atom. The molecule has 6 nitrogen and oxygen atoms in total. The minimum atomic E-state index is -0.967. The lowest BCUT2D eigenvalue weighted by Gasteiger charge is -2.35. The van der Waals surface area contributed by atoms with Crippen LogP contribution in [-0.2, 0) is 18.9 Å². The van der Waals surface area contributed by atoms with Crippen LogP contribution in [0.25, 0.3) is 0 Å². The molecule has 92 valence electrons. The van der Waals surface area contributed by atoms with Crippen molar-refractivity contribution in [3.8, 4) is 0 Å². The number of aliphatic hydroxyl groups is 2. The lowest BCUT2D eigenvalue weighted by atomic mass is 10.00. The highest BCUT2D eigenvalue weighted by Gasteiger charge is 2.59. The van der Waals surface area contributed by atoms with Gasteiger partial charge in [-0.2, -0.15) is 0 Å². The molecular formula is C10H16O6. The second-order valence-corrected chi connectivity index (χ2v) is 4.93. The molecule has 0 radical (unpaired) electrons. The summed E-state index contributed by atoms with van der Waals surface area (Å²) in [4.78, 5) is 0. The van der Waals surface area contributed by atoms with Crippen molar-refractivity contribution in [2.45, 2.75) is 63.1 Å². The fourth-order valence-electron chi connectivity index (χ4n) is 2.55. The smallest absolute Gasteiger partial charge is 0.190 e. The summed E-state index contributed by atoms with van der Waals surface area (Å²) in [6.07, 6.45) is -3.40. The topological polar surface area (TPSA) is 77.4 Å². The highest BCUT2D eigenvalue weighted by atomic mass is 16.8. The minimum absolute atomic E-state index is 0.157. The van der Waals surface area contributed by atoms with E-state index in [-0.39, 0.29) is 12.5 Å². The summed E-state index contributed by atoms with van der Waals surface area (Å²) in [5.41, 5.74) is 0. The summed E-state index contributed by atoms with van der Waals surface area (Å²) in [5.74, 6) is -0.711. The van der Waals surface area contributed by atoms with E-state index in [1.54, 1.807) is 13.8 Å². The summed E-state index contributed by atoms with van der Waals surface area (Å²) in [6, 6.07) is 0. The van der Waals surface area contributed by atoms with Crippen molar-refractivity contribution in [2.75, 3.05) is 0 Å². The zero-order chi connectivity index (χ0) is 11.5. The van der Waals surface area contributed by atoms with Crippen LogP contribution in [0.2, 0.25) is 0 Å². The van der Waals surface area contributed by atoms with Gasteiger partial charge >= 0.3 is 0 Å². The van der Waals surface area contributed by atoms with Crippen molar-refractivity contribution in [1.82, 2.24) is 0 Å². The molecule has 3 fully saturated rings. The van der Waals surface area contributed by atoms with Gasteiger partial charge in [0.25, 0.3) is 0 Å². The van der Waals surface area contributed by atoms with Crippen LogP contribution in [0.3, 0.4) is 0 Å². The zero-order valence-corrected chi connectivity index (χ0v) is 9.20. The van der Waals surface area contributed by atoms with E-state index in [2.05, 4.69) is 0 Å². The molecule has 0 aromatic heterocycles. The molecule has 0 bridgehead atoms. The van der Waals surface area contributed by atoms with E-state index in [9.17, 15) is 10.2 Å². The molecule has 3 saturated heterocycles. The maximum atomic E-state index is 9.76. The van der Waals surface area contributed by atoms with Crippen molar-refractivity contribution in [3.63, 3.8) is 0 Å². The van der Waals surface area contributed by atoms with Gasteiger partial charge in [0.05, 0.1) is 6.10 Å². The van der Waals surface area contributed by atoms with Gasteiger partial charge in [0, 0.05) is 6.42 Å². The predicted molar refractivity (Wildman–Crippen MR) is 50.2 cm³/mol. The van der Waals surface area contributed by atoms with Gasteiger partial charge in [-0.1, -0.05) is 0 Å². The van der Waals surface area contributed by atoms with Gasteiger partial charge in [-0.25, -0.2) is 0 Å². The van der Waals surface area contributed by atoms with Crippen LogP contribution in [0.4, 0.5) is 0 Å².